The molecule has 0 spiro atoms. The van der Waals surface area contributed by atoms with Crippen molar-refractivity contribution in [3.63, 3.8) is 0 Å². The standard InChI is InChI=1S/C35H54N2O/c1-25-13-17-29(18-14-25)34(30-19-15-26(2)16-20-30)31(21-27-9-5-3-6-10-27)23-33(38)24-32(35(36)37)22-28-11-7-4-8-12-28/h3-12,25-26,29-35,38H,13-24,36-37H2,1-2H3. The van der Waals surface area contributed by atoms with Gasteiger partial charge in [-0.3, -0.25) is 0 Å². The second-order valence-corrected chi connectivity index (χ2v) is 13.2. The van der Waals surface area contributed by atoms with Gasteiger partial charge in [0.1, 0.15) is 0 Å². The van der Waals surface area contributed by atoms with Gasteiger partial charge in [-0.15, -0.1) is 0 Å². The summed E-state index contributed by atoms with van der Waals surface area (Å²) in [4.78, 5) is 0. The number of hydrogen-bond donors (Lipinski definition) is 3. The van der Waals surface area contributed by atoms with E-state index in [1.807, 2.05) is 6.07 Å². The highest BCUT2D eigenvalue weighted by Crippen LogP contribution is 2.47. The third kappa shape index (κ3) is 8.66. The van der Waals surface area contributed by atoms with E-state index in [0.29, 0.717) is 18.3 Å². The first-order chi connectivity index (χ1) is 18.4. The predicted octanol–water partition coefficient (Wildman–Crippen LogP) is 7.36. The number of hydrogen-bond acceptors (Lipinski definition) is 3. The van der Waals surface area contributed by atoms with E-state index in [0.717, 1.165) is 42.9 Å². The second kappa shape index (κ2) is 14.6. The number of aliphatic hydroxyl groups is 1. The number of aliphatic hydroxyl groups excluding tert-OH is 1. The molecule has 38 heavy (non-hydrogen) atoms. The molecule has 0 radical (unpaired) electrons. The summed E-state index contributed by atoms with van der Waals surface area (Å²) in [5, 5.41) is 11.6. The molecular formula is C35H54N2O. The van der Waals surface area contributed by atoms with Crippen molar-refractivity contribution >= 4 is 0 Å². The maximum absolute atomic E-state index is 11.6. The van der Waals surface area contributed by atoms with Crippen LogP contribution in [0.2, 0.25) is 0 Å². The van der Waals surface area contributed by atoms with Gasteiger partial charge in [-0.2, -0.15) is 0 Å². The van der Waals surface area contributed by atoms with Crippen LogP contribution in [0.3, 0.4) is 0 Å². The van der Waals surface area contributed by atoms with Gasteiger partial charge < -0.3 is 16.6 Å². The Hall–Kier alpha value is -1.68. The average molecular weight is 519 g/mol. The Balaban J connectivity index is 1.54. The maximum atomic E-state index is 11.6. The molecule has 2 aliphatic carbocycles. The van der Waals surface area contributed by atoms with Crippen LogP contribution in [0, 0.1) is 41.4 Å². The summed E-state index contributed by atoms with van der Waals surface area (Å²) in [7, 11) is 0. The van der Waals surface area contributed by atoms with Crippen LogP contribution in [0.1, 0.15) is 89.2 Å². The number of benzene rings is 2. The minimum absolute atomic E-state index is 0.0780. The van der Waals surface area contributed by atoms with Crippen LogP contribution in [-0.2, 0) is 12.8 Å². The fraction of sp³-hybridized carbons (Fsp3) is 0.657. The van der Waals surface area contributed by atoms with Gasteiger partial charge in [0.25, 0.3) is 0 Å². The summed E-state index contributed by atoms with van der Waals surface area (Å²) in [5.74, 6) is 4.58. The first-order valence-corrected chi connectivity index (χ1v) is 15.7. The molecule has 3 nitrogen and oxygen atoms in total. The van der Waals surface area contributed by atoms with Gasteiger partial charge in [0.05, 0.1) is 12.3 Å². The van der Waals surface area contributed by atoms with Crippen LogP contribution < -0.4 is 11.5 Å². The Labute approximate surface area is 232 Å². The van der Waals surface area contributed by atoms with E-state index in [1.165, 1.54) is 62.5 Å². The van der Waals surface area contributed by atoms with Crippen LogP contribution in [0.15, 0.2) is 60.7 Å². The van der Waals surface area contributed by atoms with E-state index in [2.05, 4.69) is 68.4 Å². The molecule has 210 valence electrons. The lowest BCUT2D eigenvalue weighted by atomic mass is 9.61. The Morgan fingerprint density at radius 2 is 1.03 bits per heavy atom. The summed E-state index contributed by atoms with van der Waals surface area (Å²) in [6, 6.07) is 21.5. The van der Waals surface area contributed by atoms with Crippen molar-refractivity contribution in [1.29, 1.82) is 0 Å². The van der Waals surface area contributed by atoms with Crippen molar-refractivity contribution in [3.8, 4) is 0 Å². The quantitative estimate of drug-likeness (QED) is 0.257. The molecule has 3 atom stereocenters. The number of nitrogens with two attached hydrogens (primary N) is 2. The highest BCUT2D eigenvalue weighted by molar-refractivity contribution is 5.17. The Morgan fingerprint density at radius 1 is 0.632 bits per heavy atom. The zero-order valence-electron chi connectivity index (χ0n) is 24.1. The molecule has 3 heteroatoms. The molecular weight excluding hydrogens is 464 g/mol. The van der Waals surface area contributed by atoms with Crippen molar-refractivity contribution in [2.45, 2.75) is 103 Å². The van der Waals surface area contributed by atoms with Gasteiger partial charge in [-0.05, 0) is 104 Å². The fourth-order valence-corrected chi connectivity index (χ4v) is 7.88. The van der Waals surface area contributed by atoms with Crippen LogP contribution in [-0.4, -0.2) is 17.4 Å². The molecule has 0 bridgehead atoms. The third-order valence-corrected chi connectivity index (χ3v) is 10.1. The van der Waals surface area contributed by atoms with Crippen LogP contribution in [0.4, 0.5) is 0 Å². The van der Waals surface area contributed by atoms with Crippen molar-refractivity contribution in [2.75, 3.05) is 0 Å². The number of rotatable bonds is 12. The average Bonchev–Trinajstić information content (AvgIpc) is 2.91. The van der Waals surface area contributed by atoms with Gasteiger partial charge in [-0.25, -0.2) is 0 Å². The highest BCUT2D eigenvalue weighted by Gasteiger charge is 2.39. The van der Waals surface area contributed by atoms with E-state index in [9.17, 15) is 5.11 Å². The Bertz CT molecular complexity index is 878. The lowest BCUT2D eigenvalue weighted by Crippen LogP contribution is -2.42. The summed E-state index contributed by atoms with van der Waals surface area (Å²) >= 11 is 0. The van der Waals surface area contributed by atoms with Gasteiger partial charge in [0.2, 0.25) is 0 Å². The van der Waals surface area contributed by atoms with Crippen molar-refractivity contribution in [1.82, 2.24) is 0 Å². The second-order valence-electron chi connectivity index (χ2n) is 13.2. The molecule has 5 N–H and O–H groups in total. The van der Waals surface area contributed by atoms with E-state index >= 15 is 0 Å². The fourth-order valence-electron chi connectivity index (χ4n) is 7.88. The molecule has 2 aliphatic rings. The van der Waals surface area contributed by atoms with E-state index < -0.39 is 6.17 Å². The first-order valence-electron chi connectivity index (χ1n) is 15.7. The van der Waals surface area contributed by atoms with E-state index in [4.69, 9.17) is 11.5 Å². The van der Waals surface area contributed by atoms with Crippen LogP contribution >= 0.6 is 0 Å². The SMILES string of the molecule is CC1CCC(C(C2CCC(C)CC2)C(Cc2ccccc2)CC(O)CC(Cc2ccccc2)C(N)N)CC1. The van der Waals surface area contributed by atoms with E-state index in [1.54, 1.807) is 0 Å². The Morgan fingerprint density at radius 3 is 1.45 bits per heavy atom. The molecule has 0 aromatic heterocycles. The van der Waals surface area contributed by atoms with Gasteiger partial charge in [0.15, 0.2) is 0 Å². The van der Waals surface area contributed by atoms with Crippen LogP contribution in [0.25, 0.3) is 0 Å². The smallest absolute Gasteiger partial charge is 0.0554 e. The minimum atomic E-state index is -0.423. The lowest BCUT2D eigenvalue weighted by molar-refractivity contribution is 0.0315. The molecule has 2 fully saturated rings. The monoisotopic (exact) mass is 518 g/mol. The summed E-state index contributed by atoms with van der Waals surface area (Å²) in [6.45, 7) is 4.86. The van der Waals surface area contributed by atoms with Crippen molar-refractivity contribution in [3.05, 3.63) is 71.8 Å². The molecule has 3 unspecified atom stereocenters. The Kier molecular flexibility index (Phi) is 11.3. The van der Waals surface area contributed by atoms with Crippen molar-refractivity contribution < 1.29 is 5.11 Å². The topological polar surface area (TPSA) is 72.3 Å². The molecule has 2 aromatic carbocycles. The predicted molar refractivity (Wildman–Crippen MR) is 160 cm³/mol. The van der Waals surface area contributed by atoms with Crippen LogP contribution in [0.5, 0.6) is 0 Å². The molecule has 4 rings (SSSR count). The van der Waals surface area contributed by atoms with Crippen molar-refractivity contribution in [2.24, 2.45) is 52.9 Å². The highest BCUT2D eigenvalue weighted by atomic mass is 16.3. The minimum Gasteiger partial charge on any atom is -0.393 e. The molecule has 2 saturated carbocycles. The molecule has 2 aromatic rings. The molecule has 0 aliphatic heterocycles. The maximum Gasteiger partial charge on any atom is 0.0554 e. The molecule has 0 amide bonds. The molecule has 0 saturated heterocycles. The summed E-state index contributed by atoms with van der Waals surface area (Å²) < 4.78 is 0. The zero-order valence-corrected chi connectivity index (χ0v) is 24.1. The normalized spacial score (nSPS) is 27.5. The first kappa shape index (κ1) is 29.3. The third-order valence-electron chi connectivity index (χ3n) is 10.1. The summed E-state index contributed by atoms with van der Waals surface area (Å²) in [6.07, 6.45) is 13.6. The van der Waals surface area contributed by atoms with Gasteiger partial charge >= 0.3 is 0 Å². The zero-order chi connectivity index (χ0) is 26.9. The largest absolute Gasteiger partial charge is 0.393 e. The van der Waals surface area contributed by atoms with Gasteiger partial charge in [-0.1, -0.05) is 100 Å². The summed E-state index contributed by atoms with van der Waals surface area (Å²) in [5.41, 5.74) is 15.2. The lowest BCUT2D eigenvalue weighted by Gasteiger charge is -2.45. The van der Waals surface area contributed by atoms with Gasteiger partial charge in [0, 0.05) is 0 Å². The van der Waals surface area contributed by atoms with E-state index in [-0.39, 0.29) is 12.0 Å². The molecule has 0 heterocycles.